The minimum absolute atomic E-state index is 0.108. The summed E-state index contributed by atoms with van der Waals surface area (Å²) in [4.78, 5) is 15.9. The van der Waals surface area contributed by atoms with Crippen molar-refractivity contribution in [3.8, 4) is 5.69 Å². The van der Waals surface area contributed by atoms with Crippen LogP contribution in [-0.4, -0.2) is 9.55 Å². The van der Waals surface area contributed by atoms with Crippen LogP contribution in [0.3, 0.4) is 0 Å². The van der Waals surface area contributed by atoms with Crippen molar-refractivity contribution in [3.05, 3.63) is 67.1 Å². The fraction of sp³-hybridized carbons (Fsp3) is 0.125. The zero-order valence-corrected chi connectivity index (χ0v) is 14.0. The highest BCUT2D eigenvalue weighted by Crippen LogP contribution is 2.19. The van der Waals surface area contributed by atoms with Crippen LogP contribution in [0.4, 0.5) is 0 Å². The molecule has 0 radical (unpaired) electrons. The minimum Gasteiger partial charge on any atom is -0.331 e. The van der Waals surface area contributed by atoms with E-state index in [1.807, 2.05) is 50.2 Å². The van der Waals surface area contributed by atoms with Gasteiger partial charge in [0, 0.05) is 4.47 Å². The molecule has 21 heavy (non-hydrogen) atoms. The van der Waals surface area contributed by atoms with E-state index in [-0.39, 0.29) is 5.56 Å². The number of aromatic amines is 1. The standard InChI is InChI=1S/C16H13BrN2OS/c1-9-4-3-5-14(10(9)2)19-15(20)12-8-11(17)6-7-13(12)18-16(19)21/h3-8H,1-2H3,(H,18,21). The van der Waals surface area contributed by atoms with Crippen molar-refractivity contribution in [2.24, 2.45) is 0 Å². The second-order valence-electron chi connectivity index (χ2n) is 4.98. The minimum atomic E-state index is -0.108. The van der Waals surface area contributed by atoms with Gasteiger partial charge in [0.15, 0.2) is 4.77 Å². The van der Waals surface area contributed by atoms with Crippen LogP contribution in [0.5, 0.6) is 0 Å². The smallest absolute Gasteiger partial charge is 0.266 e. The second kappa shape index (κ2) is 5.24. The lowest BCUT2D eigenvalue weighted by Gasteiger charge is -2.12. The van der Waals surface area contributed by atoms with Crippen molar-refractivity contribution in [1.82, 2.24) is 9.55 Å². The molecule has 0 aliphatic carbocycles. The largest absolute Gasteiger partial charge is 0.331 e. The number of aromatic nitrogens is 2. The highest BCUT2D eigenvalue weighted by molar-refractivity contribution is 9.10. The van der Waals surface area contributed by atoms with Crippen molar-refractivity contribution >= 4 is 39.1 Å². The summed E-state index contributed by atoms with van der Waals surface area (Å²) < 4.78 is 2.83. The van der Waals surface area contributed by atoms with Gasteiger partial charge < -0.3 is 4.98 Å². The first-order valence-corrected chi connectivity index (χ1v) is 7.70. The fourth-order valence-corrected chi connectivity index (χ4v) is 3.04. The molecule has 0 fully saturated rings. The van der Waals surface area contributed by atoms with Crippen LogP contribution in [0.1, 0.15) is 11.1 Å². The Morgan fingerprint density at radius 1 is 1.19 bits per heavy atom. The molecule has 1 heterocycles. The van der Waals surface area contributed by atoms with Crippen molar-refractivity contribution in [2.75, 3.05) is 0 Å². The maximum absolute atomic E-state index is 12.8. The van der Waals surface area contributed by atoms with Gasteiger partial charge in [-0.05, 0) is 61.5 Å². The molecule has 0 spiro atoms. The first-order valence-electron chi connectivity index (χ1n) is 6.50. The molecule has 0 saturated heterocycles. The Kier molecular flexibility index (Phi) is 3.55. The summed E-state index contributed by atoms with van der Waals surface area (Å²) in [5.74, 6) is 0. The van der Waals surface area contributed by atoms with Crippen LogP contribution in [0.25, 0.3) is 16.6 Å². The average molecular weight is 361 g/mol. The maximum Gasteiger partial charge on any atom is 0.266 e. The number of nitrogens with one attached hydrogen (secondary N) is 1. The van der Waals surface area contributed by atoms with Crippen LogP contribution in [-0.2, 0) is 0 Å². The number of hydrogen-bond donors (Lipinski definition) is 1. The Balaban J connectivity index is 2.46. The molecule has 0 aliphatic rings. The lowest BCUT2D eigenvalue weighted by Crippen LogP contribution is -2.21. The zero-order chi connectivity index (χ0) is 15.1. The van der Waals surface area contributed by atoms with Gasteiger partial charge in [-0.2, -0.15) is 0 Å². The van der Waals surface area contributed by atoms with Gasteiger partial charge in [0.2, 0.25) is 0 Å². The van der Waals surface area contributed by atoms with Crippen LogP contribution in [0.2, 0.25) is 0 Å². The summed E-state index contributed by atoms with van der Waals surface area (Å²) in [5.41, 5.74) is 3.64. The van der Waals surface area contributed by atoms with Gasteiger partial charge in [-0.3, -0.25) is 9.36 Å². The number of rotatable bonds is 1. The van der Waals surface area contributed by atoms with Crippen molar-refractivity contribution in [2.45, 2.75) is 13.8 Å². The molecule has 2 aromatic carbocycles. The molecule has 0 amide bonds. The molecule has 3 nitrogen and oxygen atoms in total. The van der Waals surface area contributed by atoms with E-state index in [0.717, 1.165) is 26.8 Å². The quantitative estimate of drug-likeness (QED) is 0.652. The van der Waals surface area contributed by atoms with E-state index in [9.17, 15) is 4.79 Å². The molecule has 1 N–H and O–H groups in total. The highest BCUT2D eigenvalue weighted by atomic mass is 79.9. The molecule has 106 valence electrons. The van der Waals surface area contributed by atoms with E-state index in [2.05, 4.69) is 20.9 Å². The van der Waals surface area contributed by atoms with Gasteiger partial charge in [-0.1, -0.05) is 28.1 Å². The third-order valence-corrected chi connectivity index (χ3v) is 4.45. The van der Waals surface area contributed by atoms with Crippen LogP contribution < -0.4 is 5.56 Å². The lowest BCUT2D eigenvalue weighted by molar-refractivity contribution is 0.927. The average Bonchev–Trinajstić information content (AvgIpc) is 2.44. The van der Waals surface area contributed by atoms with Crippen molar-refractivity contribution in [1.29, 1.82) is 0 Å². The summed E-state index contributed by atoms with van der Waals surface area (Å²) in [5, 5.41) is 0.610. The maximum atomic E-state index is 12.8. The Hall–Kier alpha value is -1.72. The molecule has 0 aliphatic heterocycles. The summed E-state index contributed by atoms with van der Waals surface area (Å²) in [6.45, 7) is 4.02. The first-order chi connectivity index (χ1) is 9.99. The molecule has 0 saturated carbocycles. The number of fused-ring (bicyclic) bond motifs is 1. The van der Waals surface area contributed by atoms with E-state index in [1.54, 1.807) is 4.57 Å². The van der Waals surface area contributed by atoms with Gasteiger partial charge in [0.1, 0.15) is 0 Å². The van der Waals surface area contributed by atoms with Crippen LogP contribution in [0, 0.1) is 18.6 Å². The molecule has 5 heteroatoms. The molecule has 3 aromatic rings. The molecular formula is C16H13BrN2OS. The number of H-pyrrole nitrogens is 1. The molecule has 1 aromatic heterocycles. The van der Waals surface area contributed by atoms with E-state index in [0.29, 0.717) is 10.2 Å². The Morgan fingerprint density at radius 2 is 1.95 bits per heavy atom. The normalized spacial score (nSPS) is 11.0. The van der Waals surface area contributed by atoms with Gasteiger partial charge in [-0.25, -0.2) is 0 Å². The van der Waals surface area contributed by atoms with Crippen molar-refractivity contribution < 1.29 is 0 Å². The van der Waals surface area contributed by atoms with Gasteiger partial charge in [0.25, 0.3) is 5.56 Å². The topological polar surface area (TPSA) is 37.8 Å². The molecule has 0 bridgehead atoms. The molecule has 0 unspecified atom stereocenters. The molecule has 3 rings (SSSR count). The number of aryl methyl sites for hydroxylation is 1. The summed E-state index contributed by atoms with van der Waals surface area (Å²) >= 11 is 8.78. The Labute approximate surface area is 135 Å². The predicted molar refractivity (Wildman–Crippen MR) is 91.9 cm³/mol. The first kappa shape index (κ1) is 14.2. The third kappa shape index (κ3) is 2.36. The van der Waals surface area contributed by atoms with Gasteiger partial charge in [-0.15, -0.1) is 0 Å². The molecule has 0 atom stereocenters. The van der Waals surface area contributed by atoms with Crippen molar-refractivity contribution in [3.63, 3.8) is 0 Å². The fourth-order valence-electron chi connectivity index (χ4n) is 2.38. The SMILES string of the molecule is Cc1cccc(-n2c(=S)[nH]c3ccc(Br)cc3c2=O)c1C. The van der Waals surface area contributed by atoms with Gasteiger partial charge in [0.05, 0.1) is 16.6 Å². The Morgan fingerprint density at radius 3 is 2.71 bits per heavy atom. The highest BCUT2D eigenvalue weighted by Gasteiger charge is 2.10. The lowest BCUT2D eigenvalue weighted by atomic mass is 10.1. The Bertz CT molecular complexity index is 972. The number of hydrogen-bond acceptors (Lipinski definition) is 2. The van der Waals surface area contributed by atoms with Gasteiger partial charge >= 0.3 is 0 Å². The summed E-state index contributed by atoms with van der Waals surface area (Å²) in [6, 6.07) is 11.4. The van der Waals surface area contributed by atoms with E-state index in [1.165, 1.54) is 0 Å². The summed E-state index contributed by atoms with van der Waals surface area (Å²) in [7, 11) is 0. The summed E-state index contributed by atoms with van der Waals surface area (Å²) in [6.07, 6.45) is 0. The number of benzene rings is 2. The number of halogens is 1. The van der Waals surface area contributed by atoms with E-state index in [4.69, 9.17) is 12.2 Å². The second-order valence-corrected chi connectivity index (χ2v) is 6.28. The molecular weight excluding hydrogens is 348 g/mol. The zero-order valence-electron chi connectivity index (χ0n) is 11.6. The van der Waals surface area contributed by atoms with E-state index < -0.39 is 0 Å². The number of nitrogens with zero attached hydrogens (tertiary/aromatic N) is 1. The monoisotopic (exact) mass is 360 g/mol. The third-order valence-electron chi connectivity index (χ3n) is 3.68. The van der Waals surface area contributed by atoms with Crippen LogP contribution in [0.15, 0.2) is 45.7 Å². The van der Waals surface area contributed by atoms with Crippen LogP contribution >= 0.6 is 28.1 Å². The van der Waals surface area contributed by atoms with E-state index >= 15 is 0 Å². The predicted octanol–water partition coefficient (Wildman–Crippen LogP) is 4.43.